The van der Waals surface area contributed by atoms with Crippen molar-refractivity contribution in [2.24, 2.45) is 4.99 Å². The summed E-state index contributed by atoms with van der Waals surface area (Å²) in [5.74, 6) is 0.834. The molecular weight excluding hydrogens is 346 g/mol. The highest BCUT2D eigenvalue weighted by molar-refractivity contribution is 5.79. The Morgan fingerprint density at radius 1 is 1.07 bits per heavy atom. The Morgan fingerprint density at radius 3 is 2.26 bits per heavy atom. The van der Waals surface area contributed by atoms with Gasteiger partial charge in [0.25, 0.3) is 0 Å². The monoisotopic (exact) mass is 385 g/mol. The lowest BCUT2D eigenvalue weighted by Crippen LogP contribution is -2.50. The number of aliphatic imine (C=N–C) groups is 1. The van der Waals surface area contributed by atoms with Crippen LogP contribution in [0.25, 0.3) is 0 Å². The maximum Gasteiger partial charge on any atom is 0.410 e. The van der Waals surface area contributed by atoms with Crippen molar-refractivity contribution < 1.29 is 14.3 Å². The molecule has 0 atom stereocenters. The van der Waals surface area contributed by atoms with E-state index in [1.165, 1.54) is 0 Å². The lowest BCUT2D eigenvalue weighted by atomic mass is 10.2. The lowest BCUT2D eigenvalue weighted by molar-refractivity contribution is 0.0145. The van der Waals surface area contributed by atoms with Gasteiger partial charge in [-0.25, -0.2) is 4.79 Å². The zero-order chi connectivity index (χ0) is 20.1. The standard InChI is InChI=1S/C19H39N5O3/c1-6-26-16-8-10-22-17(20-5)21-9-7-11-23-12-14-24(15-13-23)18(25)27-19(2,3)4/h6-16H2,1-5H3,(H2,20,21,22). The number of nitrogens with zero attached hydrogens (tertiary/aromatic N) is 3. The topological polar surface area (TPSA) is 78.4 Å². The quantitative estimate of drug-likeness (QED) is 0.356. The number of hydrogen-bond acceptors (Lipinski definition) is 5. The average Bonchev–Trinajstić information content (AvgIpc) is 2.62. The lowest BCUT2D eigenvalue weighted by Gasteiger charge is -2.35. The number of carbonyl (C=O) groups excluding carboxylic acids is 1. The van der Waals surface area contributed by atoms with E-state index < -0.39 is 5.60 Å². The van der Waals surface area contributed by atoms with Gasteiger partial charge < -0.3 is 25.0 Å². The molecule has 0 aromatic rings. The van der Waals surface area contributed by atoms with Gasteiger partial charge in [-0.1, -0.05) is 0 Å². The molecule has 8 heteroatoms. The number of amides is 1. The van der Waals surface area contributed by atoms with Crippen LogP contribution in [0.5, 0.6) is 0 Å². The zero-order valence-electron chi connectivity index (χ0n) is 17.8. The van der Waals surface area contributed by atoms with Crippen LogP contribution in [0, 0.1) is 0 Å². The normalized spacial score (nSPS) is 16.3. The summed E-state index contributed by atoms with van der Waals surface area (Å²) in [5.41, 5.74) is -0.435. The number of piperazine rings is 1. The Labute approximate surface area is 164 Å². The van der Waals surface area contributed by atoms with Gasteiger partial charge in [-0.05, 0) is 47.1 Å². The number of hydrogen-bond donors (Lipinski definition) is 2. The van der Waals surface area contributed by atoms with Crippen LogP contribution in [-0.2, 0) is 9.47 Å². The van der Waals surface area contributed by atoms with Gasteiger partial charge >= 0.3 is 6.09 Å². The zero-order valence-corrected chi connectivity index (χ0v) is 17.8. The van der Waals surface area contributed by atoms with Crippen molar-refractivity contribution in [3.63, 3.8) is 0 Å². The minimum atomic E-state index is -0.435. The summed E-state index contributed by atoms with van der Waals surface area (Å²) in [6, 6.07) is 0. The first kappa shape index (κ1) is 23.5. The van der Waals surface area contributed by atoms with Crippen LogP contribution in [0.1, 0.15) is 40.5 Å². The van der Waals surface area contributed by atoms with Gasteiger partial charge in [0.2, 0.25) is 0 Å². The molecule has 0 bridgehead atoms. The van der Waals surface area contributed by atoms with Gasteiger partial charge in [-0.3, -0.25) is 9.89 Å². The molecule has 27 heavy (non-hydrogen) atoms. The van der Waals surface area contributed by atoms with Crippen molar-refractivity contribution in [2.45, 2.75) is 46.1 Å². The molecule has 158 valence electrons. The number of guanidine groups is 1. The molecule has 1 aliphatic rings. The molecule has 0 aromatic heterocycles. The van der Waals surface area contributed by atoms with E-state index in [-0.39, 0.29) is 6.09 Å². The van der Waals surface area contributed by atoms with Gasteiger partial charge in [0.05, 0.1) is 0 Å². The molecule has 0 unspecified atom stereocenters. The SMILES string of the molecule is CCOCCCNC(=NC)NCCCN1CCN(C(=O)OC(C)(C)C)CC1. The molecule has 1 rings (SSSR count). The van der Waals surface area contributed by atoms with Crippen LogP contribution in [-0.4, -0.2) is 93.5 Å². The van der Waals surface area contributed by atoms with E-state index in [0.29, 0.717) is 0 Å². The van der Waals surface area contributed by atoms with Crippen molar-refractivity contribution >= 4 is 12.1 Å². The molecule has 1 heterocycles. The maximum absolute atomic E-state index is 12.1. The minimum Gasteiger partial charge on any atom is -0.444 e. The highest BCUT2D eigenvalue weighted by atomic mass is 16.6. The fourth-order valence-electron chi connectivity index (χ4n) is 2.74. The Morgan fingerprint density at radius 2 is 1.70 bits per heavy atom. The Bertz CT molecular complexity index is 443. The number of nitrogens with one attached hydrogen (secondary N) is 2. The Balaban J connectivity index is 2.11. The van der Waals surface area contributed by atoms with Crippen LogP contribution in [0.15, 0.2) is 4.99 Å². The van der Waals surface area contributed by atoms with E-state index in [4.69, 9.17) is 9.47 Å². The molecule has 0 aromatic carbocycles. The van der Waals surface area contributed by atoms with E-state index in [1.54, 1.807) is 11.9 Å². The molecule has 2 N–H and O–H groups in total. The first-order chi connectivity index (χ1) is 12.9. The third-order valence-corrected chi connectivity index (χ3v) is 4.15. The smallest absolute Gasteiger partial charge is 0.410 e. The average molecular weight is 386 g/mol. The summed E-state index contributed by atoms with van der Waals surface area (Å²) in [6.07, 6.45) is 1.80. The van der Waals surface area contributed by atoms with Crippen molar-refractivity contribution in [1.29, 1.82) is 0 Å². The molecule has 1 amide bonds. The number of carbonyl (C=O) groups is 1. The largest absolute Gasteiger partial charge is 0.444 e. The van der Waals surface area contributed by atoms with E-state index in [9.17, 15) is 4.79 Å². The number of ether oxygens (including phenoxy) is 2. The third kappa shape index (κ3) is 11.0. The van der Waals surface area contributed by atoms with E-state index in [1.807, 2.05) is 27.7 Å². The first-order valence-electron chi connectivity index (χ1n) is 10.1. The van der Waals surface area contributed by atoms with Gasteiger partial charge in [0.1, 0.15) is 5.60 Å². The molecule has 0 radical (unpaired) electrons. The first-order valence-corrected chi connectivity index (χ1v) is 10.1. The van der Waals surface area contributed by atoms with Gasteiger partial charge in [0, 0.05) is 59.5 Å². The van der Waals surface area contributed by atoms with E-state index in [2.05, 4.69) is 20.5 Å². The maximum atomic E-state index is 12.1. The van der Waals surface area contributed by atoms with Gasteiger partial charge in [-0.2, -0.15) is 0 Å². The molecule has 0 aliphatic carbocycles. The second kappa shape index (κ2) is 12.8. The molecular formula is C19H39N5O3. The highest BCUT2D eigenvalue weighted by Gasteiger charge is 2.25. The molecule has 1 fully saturated rings. The minimum absolute atomic E-state index is 0.206. The predicted octanol–water partition coefficient (Wildman–Crippen LogP) is 1.52. The molecule has 0 saturated carbocycles. The third-order valence-electron chi connectivity index (χ3n) is 4.15. The van der Waals surface area contributed by atoms with Crippen LogP contribution < -0.4 is 10.6 Å². The molecule has 0 spiro atoms. The van der Waals surface area contributed by atoms with Gasteiger partial charge in [-0.15, -0.1) is 0 Å². The van der Waals surface area contributed by atoms with Crippen molar-refractivity contribution in [1.82, 2.24) is 20.4 Å². The van der Waals surface area contributed by atoms with Crippen molar-refractivity contribution in [2.75, 3.05) is 66.1 Å². The summed E-state index contributed by atoms with van der Waals surface area (Å²) in [5, 5.41) is 6.63. The van der Waals surface area contributed by atoms with Crippen LogP contribution in [0.4, 0.5) is 4.79 Å². The van der Waals surface area contributed by atoms with Crippen molar-refractivity contribution in [3.05, 3.63) is 0 Å². The second-order valence-corrected chi connectivity index (χ2v) is 7.64. The molecule has 1 aliphatic heterocycles. The predicted molar refractivity (Wildman–Crippen MR) is 109 cm³/mol. The highest BCUT2D eigenvalue weighted by Crippen LogP contribution is 2.11. The van der Waals surface area contributed by atoms with Crippen LogP contribution in [0.2, 0.25) is 0 Å². The summed E-state index contributed by atoms with van der Waals surface area (Å²) in [7, 11) is 1.79. The van der Waals surface area contributed by atoms with Crippen LogP contribution >= 0.6 is 0 Å². The summed E-state index contributed by atoms with van der Waals surface area (Å²) >= 11 is 0. The second-order valence-electron chi connectivity index (χ2n) is 7.64. The fourth-order valence-corrected chi connectivity index (χ4v) is 2.74. The number of rotatable bonds is 9. The summed E-state index contributed by atoms with van der Waals surface area (Å²) < 4.78 is 10.8. The fraction of sp³-hybridized carbons (Fsp3) is 0.895. The Hall–Kier alpha value is -1.54. The summed E-state index contributed by atoms with van der Waals surface area (Å²) in [6.45, 7) is 15.2. The van der Waals surface area contributed by atoms with Crippen LogP contribution in [0.3, 0.4) is 0 Å². The molecule has 8 nitrogen and oxygen atoms in total. The summed E-state index contributed by atoms with van der Waals surface area (Å²) in [4.78, 5) is 20.5. The Kier molecular flexibility index (Phi) is 11.1. The van der Waals surface area contributed by atoms with E-state index >= 15 is 0 Å². The van der Waals surface area contributed by atoms with E-state index in [0.717, 1.165) is 77.8 Å². The van der Waals surface area contributed by atoms with Crippen molar-refractivity contribution in [3.8, 4) is 0 Å². The van der Waals surface area contributed by atoms with Gasteiger partial charge in [0.15, 0.2) is 5.96 Å². The molecule has 1 saturated heterocycles.